The number of hydrogen-bond donors (Lipinski definition) is 3. The van der Waals surface area contributed by atoms with Gasteiger partial charge in [-0.3, -0.25) is 9.79 Å². The Morgan fingerprint density at radius 3 is 2.50 bits per heavy atom. The Hall–Kier alpha value is -2.49. The smallest absolute Gasteiger partial charge is 0.239 e. The zero-order valence-corrected chi connectivity index (χ0v) is 21.4. The summed E-state index contributed by atoms with van der Waals surface area (Å²) in [7, 11) is 3.34. The van der Waals surface area contributed by atoms with E-state index in [0.717, 1.165) is 24.4 Å². The highest BCUT2D eigenvalue weighted by molar-refractivity contribution is 14.0. The molecule has 7 nitrogen and oxygen atoms in total. The van der Waals surface area contributed by atoms with E-state index >= 15 is 0 Å². The number of hydrogen-bond acceptors (Lipinski definition) is 4. The number of rotatable bonds is 8. The zero-order chi connectivity index (χ0) is 22.1. The monoisotopic (exact) mass is 551 g/mol. The molecule has 0 aliphatic carbocycles. The Morgan fingerprint density at radius 2 is 1.84 bits per heavy atom. The van der Waals surface area contributed by atoms with Crippen molar-refractivity contribution in [2.24, 2.45) is 4.99 Å². The quantitative estimate of drug-likeness (QED) is 0.266. The van der Waals surface area contributed by atoms with Crippen molar-refractivity contribution in [1.82, 2.24) is 16.0 Å². The molecule has 0 aromatic heterocycles. The first-order chi connectivity index (χ1) is 15.1. The van der Waals surface area contributed by atoms with Gasteiger partial charge in [-0.15, -0.1) is 24.0 Å². The molecule has 1 atom stereocenters. The number of carbonyl (C=O) groups excluding carboxylic acids is 1. The van der Waals surface area contributed by atoms with Crippen molar-refractivity contribution in [2.75, 3.05) is 38.7 Å². The van der Waals surface area contributed by atoms with Gasteiger partial charge in [-0.2, -0.15) is 0 Å². The van der Waals surface area contributed by atoms with Crippen molar-refractivity contribution in [3.05, 3.63) is 59.7 Å². The van der Waals surface area contributed by atoms with Gasteiger partial charge in [0.05, 0.1) is 19.7 Å². The van der Waals surface area contributed by atoms with E-state index in [1.807, 2.05) is 24.3 Å². The van der Waals surface area contributed by atoms with Crippen LogP contribution in [0.3, 0.4) is 0 Å². The first-order valence-electron chi connectivity index (χ1n) is 10.8. The van der Waals surface area contributed by atoms with Crippen molar-refractivity contribution in [3.63, 3.8) is 0 Å². The van der Waals surface area contributed by atoms with Crippen molar-refractivity contribution in [2.45, 2.75) is 32.4 Å². The Bertz CT molecular complexity index is 882. The minimum Gasteiger partial charge on any atom is -0.497 e. The number of nitrogens with zero attached hydrogens (tertiary/aromatic N) is 2. The number of carbonyl (C=O) groups is 1. The van der Waals surface area contributed by atoms with E-state index in [1.54, 1.807) is 14.2 Å². The Kier molecular flexibility index (Phi) is 10.6. The molecule has 174 valence electrons. The first kappa shape index (κ1) is 25.8. The fourth-order valence-corrected chi connectivity index (χ4v) is 3.62. The number of aliphatic imine (C=N–C) groups is 1. The average molecular weight is 551 g/mol. The molecule has 1 heterocycles. The maximum Gasteiger partial charge on any atom is 0.239 e. The molecule has 1 aliphatic heterocycles. The third-order valence-electron chi connectivity index (χ3n) is 5.48. The third kappa shape index (κ3) is 7.58. The molecule has 32 heavy (non-hydrogen) atoms. The highest BCUT2D eigenvalue weighted by Gasteiger charge is 2.14. The molecule has 3 N–H and O–H groups in total. The summed E-state index contributed by atoms with van der Waals surface area (Å²) in [5, 5.41) is 9.37. The van der Waals surface area contributed by atoms with Crippen LogP contribution in [0.4, 0.5) is 5.69 Å². The van der Waals surface area contributed by atoms with Gasteiger partial charge in [0, 0.05) is 32.4 Å². The molecule has 1 fully saturated rings. The summed E-state index contributed by atoms with van der Waals surface area (Å²) < 4.78 is 5.15. The molecule has 2 aromatic rings. The van der Waals surface area contributed by atoms with Crippen LogP contribution in [0, 0.1) is 0 Å². The van der Waals surface area contributed by atoms with E-state index < -0.39 is 0 Å². The fourth-order valence-electron chi connectivity index (χ4n) is 3.62. The van der Waals surface area contributed by atoms with Crippen LogP contribution in [0.5, 0.6) is 5.75 Å². The lowest BCUT2D eigenvalue weighted by molar-refractivity contribution is -0.120. The molecule has 1 unspecified atom stereocenters. The number of amides is 1. The maximum atomic E-state index is 12.2. The Labute approximate surface area is 208 Å². The second-order valence-electron chi connectivity index (χ2n) is 7.71. The summed E-state index contributed by atoms with van der Waals surface area (Å²) in [5.74, 6) is 1.30. The van der Waals surface area contributed by atoms with E-state index in [9.17, 15) is 4.79 Å². The Balaban J connectivity index is 0.00000363. The van der Waals surface area contributed by atoms with Gasteiger partial charge in [0.15, 0.2) is 5.96 Å². The molecule has 0 saturated carbocycles. The number of guanidine groups is 1. The highest BCUT2D eigenvalue weighted by atomic mass is 127. The molecule has 0 spiro atoms. The minimum absolute atomic E-state index is 0. The van der Waals surface area contributed by atoms with Crippen LogP contribution in [-0.4, -0.2) is 45.7 Å². The lowest BCUT2D eigenvalue weighted by atomic mass is 10.1. The van der Waals surface area contributed by atoms with E-state index in [0.29, 0.717) is 12.5 Å². The predicted molar refractivity (Wildman–Crippen MR) is 141 cm³/mol. The summed E-state index contributed by atoms with van der Waals surface area (Å²) in [6.45, 7) is 4.96. The van der Waals surface area contributed by atoms with Gasteiger partial charge in [0.1, 0.15) is 5.75 Å². The fraction of sp³-hybridized carbons (Fsp3) is 0.417. The number of benzene rings is 2. The van der Waals surface area contributed by atoms with Gasteiger partial charge in [0.25, 0.3) is 0 Å². The number of nitrogens with one attached hydrogen (secondary N) is 3. The molecule has 1 saturated heterocycles. The lowest BCUT2D eigenvalue weighted by Crippen LogP contribution is -2.43. The van der Waals surface area contributed by atoms with Crippen LogP contribution in [0.25, 0.3) is 0 Å². The molecule has 1 aliphatic rings. The first-order valence-corrected chi connectivity index (χ1v) is 10.8. The summed E-state index contributed by atoms with van der Waals surface area (Å²) in [4.78, 5) is 18.9. The van der Waals surface area contributed by atoms with Crippen molar-refractivity contribution in [1.29, 1.82) is 0 Å². The van der Waals surface area contributed by atoms with Gasteiger partial charge in [-0.25, -0.2) is 0 Å². The van der Waals surface area contributed by atoms with E-state index in [1.165, 1.54) is 24.1 Å². The molecule has 8 heteroatoms. The topological polar surface area (TPSA) is 78.0 Å². The minimum atomic E-state index is -0.0950. The van der Waals surface area contributed by atoms with Crippen molar-refractivity contribution >= 4 is 41.5 Å². The summed E-state index contributed by atoms with van der Waals surface area (Å²) in [5.41, 5.74) is 3.48. The lowest BCUT2D eigenvalue weighted by Gasteiger charge is -2.22. The zero-order valence-electron chi connectivity index (χ0n) is 19.1. The summed E-state index contributed by atoms with van der Waals surface area (Å²) >= 11 is 0. The third-order valence-corrected chi connectivity index (χ3v) is 5.48. The molecule has 0 bridgehead atoms. The highest BCUT2D eigenvalue weighted by Crippen LogP contribution is 2.23. The standard InChI is InChI=1S/C24H33N5O2.HI/c1-18(20-7-6-8-21(15-20)29-13-4-5-14-29)28-24(25-2)27-17-23(30)26-16-19-9-11-22(31-3)12-10-19;/h6-12,15,18H,4-5,13-14,16-17H2,1-3H3,(H,26,30)(H2,25,27,28);1H. The van der Waals surface area contributed by atoms with E-state index in [2.05, 4.69) is 57.0 Å². The normalized spacial score (nSPS) is 14.3. The number of halogens is 1. The molecular weight excluding hydrogens is 517 g/mol. The summed E-state index contributed by atoms with van der Waals surface area (Å²) in [6.07, 6.45) is 2.52. The van der Waals surface area contributed by atoms with Crippen molar-refractivity contribution in [3.8, 4) is 5.75 Å². The van der Waals surface area contributed by atoms with Crippen LogP contribution in [0.2, 0.25) is 0 Å². The van der Waals surface area contributed by atoms with Crippen LogP contribution in [-0.2, 0) is 11.3 Å². The molecule has 2 aromatic carbocycles. The Morgan fingerprint density at radius 1 is 1.12 bits per heavy atom. The van der Waals surface area contributed by atoms with Gasteiger partial charge in [0.2, 0.25) is 5.91 Å². The largest absolute Gasteiger partial charge is 0.497 e. The number of anilines is 1. The molecule has 3 rings (SSSR count). The van der Waals surface area contributed by atoms with Crippen LogP contribution < -0.4 is 25.6 Å². The van der Waals surface area contributed by atoms with Crippen molar-refractivity contribution < 1.29 is 9.53 Å². The predicted octanol–water partition coefficient (Wildman–Crippen LogP) is 3.46. The van der Waals surface area contributed by atoms with Crippen LogP contribution in [0.1, 0.15) is 36.9 Å². The SMILES string of the molecule is CN=C(NCC(=O)NCc1ccc(OC)cc1)NC(C)c1cccc(N2CCCC2)c1.I. The van der Waals surface area contributed by atoms with Gasteiger partial charge >= 0.3 is 0 Å². The maximum absolute atomic E-state index is 12.2. The van der Waals surface area contributed by atoms with Gasteiger partial charge in [-0.05, 0) is 55.2 Å². The summed E-state index contributed by atoms with van der Waals surface area (Å²) in [6, 6.07) is 16.3. The van der Waals surface area contributed by atoms with E-state index in [-0.39, 0.29) is 42.5 Å². The average Bonchev–Trinajstić information content (AvgIpc) is 3.35. The molecule has 1 amide bonds. The number of methoxy groups -OCH3 is 1. The molecule has 0 radical (unpaired) electrons. The van der Waals surface area contributed by atoms with Gasteiger partial charge < -0.3 is 25.6 Å². The van der Waals surface area contributed by atoms with E-state index in [4.69, 9.17) is 4.74 Å². The van der Waals surface area contributed by atoms with Gasteiger partial charge in [-0.1, -0.05) is 24.3 Å². The van der Waals surface area contributed by atoms with Crippen LogP contribution >= 0.6 is 24.0 Å². The second-order valence-corrected chi connectivity index (χ2v) is 7.71. The number of ether oxygens (including phenoxy) is 1. The van der Waals surface area contributed by atoms with Crippen LogP contribution in [0.15, 0.2) is 53.5 Å². The molecular formula is C24H34IN5O2. The second kappa shape index (κ2) is 13.1.